The Morgan fingerprint density at radius 3 is 2.35 bits per heavy atom. The number of hydrogen-bond donors (Lipinski definition) is 1. The lowest BCUT2D eigenvalue weighted by molar-refractivity contribution is 0.101. The molecule has 3 rings (SSSR count). The number of carbonyl (C=O) groups excluding carboxylic acids is 1. The molecule has 1 amide bonds. The van der Waals surface area contributed by atoms with Crippen LogP contribution in [0.4, 0.5) is 11.4 Å². The fourth-order valence-electron chi connectivity index (χ4n) is 3.44. The van der Waals surface area contributed by atoms with Gasteiger partial charge in [-0.3, -0.25) is 4.79 Å². The number of carbonyl (C=O) groups is 1. The van der Waals surface area contributed by atoms with E-state index in [-0.39, 0.29) is 5.91 Å². The molecule has 0 aliphatic rings. The van der Waals surface area contributed by atoms with E-state index in [9.17, 15) is 4.79 Å². The highest BCUT2D eigenvalue weighted by Crippen LogP contribution is 2.28. The maximum atomic E-state index is 13.0. The second-order valence-corrected chi connectivity index (χ2v) is 6.82. The highest BCUT2D eigenvalue weighted by molar-refractivity contribution is 6.08. The maximum Gasteiger partial charge on any atom is 0.272 e. The van der Waals surface area contributed by atoms with Crippen LogP contribution in [0, 0.1) is 6.92 Å². The summed E-state index contributed by atoms with van der Waals surface area (Å²) in [6.45, 7) is 7.03. The Kier molecular flexibility index (Phi) is 5.03. The third-order valence-corrected chi connectivity index (χ3v) is 4.96. The molecule has 1 heterocycles. The van der Waals surface area contributed by atoms with E-state index in [2.05, 4.69) is 41.9 Å². The van der Waals surface area contributed by atoms with Crippen molar-refractivity contribution in [3.05, 3.63) is 59.3 Å². The average molecular weight is 349 g/mol. The van der Waals surface area contributed by atoms with Crippen molar-refractivity contribution in [2.75, 3.05) is 24.3 Å². The summed E-state index contributed by atoms with van der Waals surface area (Å²) in [7, 11) is 4.00. The van der Waals surface area contributed by atoms with Crippen LogP contribution in [-0.4, -0.2) is 24.6 Å². The van der Waals surface area contributed by atoms with Gasteiger partial charge in [0, 0.05) is 42.9 Å². The molecule has 1 aromatic heterocycles. The number of nitrogens with one attached hydrogen (secondary N) is 1. The molecular weight excluding hydrogens is 322 g/mol. The number of aryl methyl sites for hydroxylation is 3. The second-order valence-electron chi connectivity index (χ2n) is 6.82. The van der Waals surface area contributed by atoms with E-state index in [0.29, 0.717) is 0 Å². The van der Waals surface area contributed by atoms with Crippen molar-refractivity contribution < 1.29 is 4.79 Å². The highest BCUT2D eigenvalue weighted by Gasteiger charge is 2.19. The highest BCUT2D eigenvalue weighted by atomic mass is 16.2. The fraction of sp³-hybridized carbons (Fsp3) is 0.318. The Hall–Kier alpha value is -2.75. The van der Waals surface area contributed by atoms with Crippen LogP contribution >= 0.6 is 0 Å². The van der Waals surface area contributed by atoms with Crippen molar-refractivity contribution in [1.82, 2.24) is 4.57 Å². The molecule has 26 heavy (non-hydrogen) atoms. The Morgan fingerprint density at radius 2 is 1.77 bits per heavy atom. The lowest BCUT2D eigenvalue weighted by Gasteiger charge is -2.14. The molecule has 2 aromatic carbocycles. The van der Waals surface area contributed by atoms with Crippen LogP contribution in [0.3, 0.4) is 0 Å². The van der Waals surface area contributed by atoms with E-state index in [1.54, 1.807) is 0 Å². The van der Waals surface area contributed by atoms with Gasteiger partial charge in [0.25, 0.3) is 5.91 Å². The minimum Gasteiger partial charge on any atom is -0.378 e. The number of anilines is 2. The van der Waals surface area contributed by atoms with Gasteiger partial charge in [0.1, 0.15) is 5.69 Å². The molecule has 0 saturated heterocycles. The minimum atomic E-state index is -0.0591. The van der Waals surface area contributed by atoms with Crippen molar-refractivity contribution in [1.29, 1.82) is 0 Å². The molecule has 0 aliphatic heterocycles. The number of rotatable bonds is 5. The first-order valence-electron chi connectivity index (χ1n) is 9.16. The average Bonchev–Trinajstić information content (AvgIpc) is 2.93. The van der Waals surface area contributed by atoms with E-state index in [1.165, 1.54) is 10.9 Å². The van der Waals surface area contributed by atoms with Gasteiger partial charge in [0.05, 0.1) is 0 Å². The van der Waals surface area contributed by atoms with Crippen LogP contribution in [0.2, 0.25) is 0 Å². The molecule has 0 atom stereocenters. The molecule has 1 N–H and O–H groups in total. The maximum absolute atomic E-state index is 13.0. The summed E-state index contributed by atoms with van der Waals surface area (Å²) in [5.74, 6) is -0.0591. The van der Waals surface area contributed by atoms with E-state index >= 15 is 0 Å². The summed E-state index contributed by atoms with van der Waals surface area (Å²) >= 11 is 0. The first kappa shape index (κ1) is 18.1. The van der Waals surface area contributed by atoms with Gasteiger partial charge in [0.2, 0.25) is 0 Å². The summed E-state index contributed by atoms with van der Waals surface area (Å²) in [6, 6.07) is 14.4. The molecule has 4 heteroatoms. The zero-order valence-corrected chi connectivity index (χ0v) is 16.3. The van der Waals surface area contributed by atoms with Gasteiger partial charge < -0.3 is 14.8 Å². The molecule has 136 valence electrons. The monoisotopic (exact) mass is 349 g/mol. The van der Waals surface area contributed by atoms with Gasteiger partial charge in [-0.2, -0.15) is 0 Å². The molecule has 4 nitrogen and oxygen atoms in total. The predicted molar refractivity (Wildman–Crippen MR) is 110 cm³/mol. The fourth-order valence-corrected chi connectivity index (χ4v) is 3.44. The van der Waals surface area contributed by atoms with E-state index < -0.39 is 0 Å². The number of aromatic nitrogens is 1. The topological polar surface area (TPSA) is 37.3 Å². The summed E-state index contributed by atoms with van der Waals surface area (Å²) < 4.78 is 2.10. The van der Waals surface area contributed by atoms with Gasteiger partial charge in [-0.25, -0.2) is 0 Å². The lowest BCUT2D eigenvalue weighted by Crippen LogP contribution is -2.18. The van der Waals surface area contributed by atoms with Gasteiger partial charge >= 0.3 is 0 Å². The quantitative estimate of drug-likeness (QED) is 0.715. The van der Waals surface area contributed by atoms with Crippen molar-refractivity contribution in [3.63, 3.8) is 0 Å². The third-order valence-electron chi connectivity index (χ3n) is 4.96. The Labute approximate surface area is 155 Å². The van der Waals surface area contributed by atoms with Crippen LogP contribution in [0.25, 0.3) is 10.9 Å². The number of hydrogen-bond acceptors (Lipinski definition) is 2. The standard InChI is InChI=1S/C22H27N3O/c1-6-16-8-13-20-19(14-16)15(3)21(25(20)7-2)22(26)23-17-9-11-18(12-10-17)24(4)5/h8-14H,6-7H2,1-5H3,(H,23,26). The lowest BCUT2D eigenvalue weighted by atomic mass is 10.1. The molecule has 3 aromatic rings. The first-order chi connectivity index (χ1) is 12.5. The summed E-state index contributed by atoms with van der Waals surface area (Å²) in [5, 5.41) is 4.22. The van der Waals surface area contributed by atoms with Crippen LogP contribution < -0.4 is 10.2 Å². The predicted octanol–water partition coefficient (Wildman–Crippen LogP) is 4.85. The molecule has 0 fully saturated rings. The van der Waals surface area contributed by atoms with Crippen molar-refractivity contribution in [2.45, 2.75) is 33.7 Å². The van der Waals surface area contributed by atoms with Gasteiger partial charge in [-0.1, -0.05) is 13.0 Å². The first-order valence-corrected chi connectivity index (χ1v) is 9.16. The van der Waals surface area contributed by atoms with Crippen LogP contribution in [0.5, 0.6) is 0 Å². The van der Waals surface area contributed by atoms with E-state index in [0.717, 1.165) is 41.1 Å². The smallest absolute Gasteiger partial charge is 0.272 e. The summed E-state index contributed by atoms with van der Waals surface area (Å²) in [5.41, 5.74) is 6.11. The third kappa shape index (κ3) is 3.19. The molecule has 0 unspecified atom stereocenters. The zero-order chi connectivity index (χ0) is 18.8. The molecule has 0 spiro atoms. The van der Waals surface area contributed by atoms with Crippen molar-refractivity contribution >= 4 is 28.2 Å². The Morgan fingerprint density at radius 1 is 1.08 bits per heavy atom. The summed E-state index contributed by atoms with van der Waals surface area (Å²) in [4.78, 5) is 15.1. The van der Waals surface area contributed by atoms with E-state index in [4.69, 9.17) is 0 Å². The largest absolute Gasteiger partial charge is 0.378 e. The molecule has 0 bridgehead atoms. The number of amides is 1. The minimum absolute atomic E-state index is 0.0591. The van der Waals surface area contributed by atoms with Gasteiger partial charge in [-0.15, -0.1) is 0 Å². The van der Waals surface area contributed by atoms with Crippen LogP contribution in [0.15, 0.2) is 42.5 Å². The molecule has 0 radical (unpaired) electrons. The SMILES string of the molecule is CCc1ccc2c(c1)c(C)c(C(=O)Nc1ccc(N(C)C)cc1)n2CC. The van der Waals surface area contributed by atoms with Crippen LogP contribution in [0.1, 0.15) is 35.5 Å². The van der Waals surface area contributed by atoms with Crippen molar-refractivity contribution in [2.24, 2.45) is 0 Å². The molecular formula is C22H27N3O. The van der Waals surface area contributed by atoms with Gasteiger partial charge in [-0.05, 0) is 67.8 Å². The van der Waals surface area contributed by atoms with Gasteiger partial charge in [0.15, 0.2) is 0 Å². The Balaban J connectivity index is 1.98. The summed E-state index contributed by atoms with van der Waals surface area (Å²) in [6.07, 6.45) is 0.992. The number of nitrogens with zero attached hydrogens (tertiary/aromatic N) is 2. The molecule has 0 saturated carbocycles. The van der Waals surface area contributed by atoms with Crippen LogP contribution in [-0.2, 0) is 13.0 Å². The normalized spacial score (nSPS) is 11.0. The van der Waals surface area contributed by atoms with Crippen molar-refractivity contribution in [3.8, 4) is 0 Å². The zero-order valence-electron chi connectivity index (χ0n) is 16.3. The number of fused-ring (bicyclic) bond motifs is 1. The molecule has 0 aliphatic carbocycles. The number of benzene rings is 2. The second kappa shape index (κ2) is 7.24. The Bertz CT molecular complexity index is 936. The van der Waals surface area contributed by atoms with E-state index in [1.807, 2.05) is 50.2 Å².